The van der Waals surface area contributed by atoms with Crippen LogP contribution in [0.5, 0.6) is 5.75 Å². The first-order chi connectivity index (χ1) is 11.4. The fourth-order valence-electron chi connectivity index (χ4n) is 2.32. The van der Waals surface area contributed by atoms with E-state index in [2.05, 4.69) is 48.4 Å². The summed E-state index contributed by atoms with van der Waals surface area (Å²) in [4.78, 5) is 4.39. The Kier molecular flexibility index (Phi) is 6.24. The topological polar surface area (TPSA) is 59.6 Å². The van der Waals surface area contributed by atoms with Gasteiger partial charge in [-0.1, -0.05) is 18.2 Å². The Bertz CT molecular complexity index is 691. The lowest BCUT2D eigenvalue weighted by molar-refractivity contribution is 0.242. The van der Waals surface area contributed by atoms with Gasteiger partial charge in [-0.25, -0.2) is 0 Å². The molecule has 4 heteroatoms. The van der Waals surface area contributed by atoms with E-state index in [4.69, 9.17) is 10.5 Å². The summed E-state index contributed by atoms with van der Waals surface area (Å²) in [5.74, 6) is 1.34. The highest BCUT2D eigenvalue weighted by atomic mass is 16.5. The molecule has 0 atom stereocenters. The van der Waals surface area contributed by atoms with Crippen molar-refractivity contribution < 1.29 is 4.74 Å². The van der Waals surface area contributed by atoms with Gasteiger partial charge in [0.2, 0.25) is 0 Å². The summed E-state index contributed by atoms with van der Waals surface area (Å²) < 4.78 is 5.64. The minimum absolute atomic E-state index is 0.191. The van der Waals surface area contributed by atoms with Gasteiger partial charge in [0.05, 0.1) is 6.10 Å². The van der Waals surface area contributed by atoms with Gasteiger partial charge in [0.1, 0.15) is 5.75 Å². The molecule has 2 aromatic rings. The third kappa shape index (κ3) is 5.61. The molecule has 24 heavy (non-hydrogen) atoms. The van der Waals surface area contributed by atoms with Crippen molar-refractivity contribution in [2.24, 2.45) is 10.7 Å². The Labute approximate surface area is 144 Å². The average Bonchev–Trinajstić information content (AvgIpc) is 2.52. The second kappa shape index (κ2) is 8.39. The number of aliphatic imine (C=N–C) groups is 1. The highest BCUT2D eigenvalue weighted by Gasteiger charge is 2.00. The molecule has 0 saturated carbocycles. The fourth-order valence-corrected chi connectivity index (χ4v) is 2.32. The van der Waals surface area contributed by atoms with Gasteiger partial charge >= 0.3 is 0 Å². The zero-order chi connectivity index (χ0) is 17.5. The van der Waals surface area contributed by atoms with Gasteiger partial charge in [-0.2, -0.15) is 0 Å². The first-order valence-corrected chi connectivity index (χ1v) is 8.34. The van der Waals surface area contributed by atoms with Crippen LogP contribution in [-0.4, -0.2) is 18.6 Å². The maximum Gasteiger partial charge on any atom is 0.193 e. The predicted molar refractivity (Wildman–Crippen MR) is 102 cm³/mol. The Morgan fingerprint density at radius 1 is 1.08 bits per heavy atom. The van der Waals surface area contributed by atoms with Gasteiger partial charge in [0.15, 0.2) is 5.96 Å². The van der Waals surface area contributed by atoms with Crippen molar-refractivity contribution in [1.82, 2.24) is 0 Å². The van der Waals surface area contributed by atoms with E-state index in [1.54, 1.807) is 0 Å². The zero-order valence-electron chi connectivity index (χ0n) is 15.0. The lowest BCUT2D eigenvalue weighted by atomic mass is 10.1. The van der Waals surface area contributed by atoms with E-state index in [9.17, 15) is 0 Å². The van der Waals surface area contributed by atoms with Gasteiger partial charge in [-0.15, -0.1) is 0 Å². The number of nitrogens with two attached hydrogens (primary N) is 1. The van der Waals surface area contributed by atoms with Crippen LogP contribution in [0.1, 0.15) is 30.5 Å². The fraction of sp³-hybridized carbons (Fsp3) is 0.350. The number of anilines is 1. The molecule has 0 aliphatic carbocycles. The van der Waals surface area contributed by atoms with Crippen molar-refractivity contribution in [2.45, 2.75) is 40.2 Å². The summed E-state index contributed by atoms with van der Waals surface area (Å²) in [6.07, 6.45) is 1.04. The molecule has 3 N–H and O–H groups in total. The molecule has 0 radical (unpaired) electrons. The zero-order valence-corrected chi connectivity index (χ0v) is 15.0. The second-order valence-corrected chi connectivity index (χ2v) is 6.25. The monoisotopic (exact) mass is 325 g/mol. The van der Waals surface area contributed by atoms with Crippen LogP contribution in [0.3, 0.4) is 0 Å². The number of guanidine groups is 1. The van der Waals surface area contributed by atoms with Crippen LogP contribution in [-0.2, 0) is 6.42 Å². The number of benzene rings is 2. The molecule has 2 rings (SSSR count). The quantitative estimate of drug-likeness (QED) is 0.622. The smallest absolute Gasteiger partial charge is 0.193 e. The molecule has 0 saturated heterocycles. The average molecular weight is 325 g/mol. The van der Waals surface area contributed by atoms with Crippen molar-refractivity contribution >= 4 is 11.6 Å². The van der Waals surface area contributed by atoms with Crippen molar-refractivity contribution in [3.05, 3.63) is 59.2 Å². The Morgan fingerprint density at radius 3 is 2.42 bits per heavy atom. The van der Waals surface area contributed by atoms with Crippen LogP contribution in [0.2, 0.25) is 0 Å². The summed E-state index contributed by atoms with van der Waals surface area (Å²) in [5.41, 5.74) is 10.6. The number of nitrogens with one attached hydrogen (secondary N) is 1. The number of aryl methyl sites for hydroxylation is 2. The van der Waals surface area contributed by atoms with E-state index in [0.717, 1.165) is 17.9 Å². The Balaban J connectivity index is 1.85. The van der Waals surface area contributed by atoms with Gasteiger partial charge in [0.25, 0.3) is 0 Å². The molecule has 0 aromatic heterocycles. The Hall–Kier alpha value is -2.49. The van der Waals surface area contributed by atoms with Crippen LogP contribution < -0.4 is 15.8 Å². The van der Waals surface area contributed by atoms with Gasteiger partial charge < -0.3 is 15.8 Å². The first kappa shape index (κ1) is 17.9. The van der Waals surface area contributed by atoms with E-state index in [1.807, 2.05) is 32.0 Å². The van der Waals surface area contributed by atoms with E-state index >= 15 is 0 Å². The van der Waals surface area contributed by atoms with Gasteiger partial charge in [-0.3, -0.25) is 4.99 Å². The normalized spacial score (nSPS) is 11.6. The van der Waals surface area contributed by atoms with Gasteiger partial charge in [0, 0.05) is 12.2 Å². The maximum absolute atomic E-state index is 5.96. The highest BCUT2D eigenvalue weighted by molar-refractivity contribution is 5.92. The predicted octanol–water partition coefficient (Wildman–Crippen LogP) is 4.06. The van der Waals surface area contributed by atoms with Crippen LogP contribution in [0.15, 0.2) is 47.5 Å². The number of hydrogen-bond acceptors (Lipinski definition) is 2. The molecule has 128 valence electrons. The van der Waals surface area contributed by atoms with Crippen LogP contribution >= 0.6 is 0 Å². The molecule has 0 spiro atoms. The molecule has 4 nitrogen and oxygen atoms in total. The van der Waals surface area contributed by atoms with Crippen molar-refractivity contribution in [3.8, 4) is 5.75 Å². The highest BCUT2D eigenvalue weighted by Crippen LogP contribution is 2.15. The molecule has 0 fully saturated rings. The molecular weight excluding hydrogens is 298 g/mol. The van der Waals surface area contributed by atoms with Crippen molar-refractivity contribution in [3.63, 3.8) is 0 Å². The standard InChI is InChI=1S/C20H27N3O/c1-14(2)24-19-9-6-17(7-10-19)11-12-22-20(21)23-18-8-5-15(3)16(4)13-18/h5-10,13-14H,11-12H2,1-4H3,(H3,21,22,23). The summed E-state index contributed by atoms with van der Waals surface area (Å²) in [7, 11) is 0. The van der Waals surface area contributed by atoms with Crippen LogP contribution in [0.25, 0.3) is 0 Å². The summed E-state index contributed by atoms with van der Waals surface area (Å²) in [5, 5.41) is 3.13. The molecule has 0 aliphatic heterocycles. The van der Waals surface area contributed by atoms with E-state index in [0.29, 0.717) is 12.5 Å². The van der Waals surface area contributed by atoms with Gasteiger partial charge in [-0.05, 0) is 75.1 Å². The summed E-state index contributed by atoms with van der Waals surface area (Å²) in [6.45, 7) is 8.87. The molecule has 0 heterocycles. The minimum Gasteiger partial charge on any atom is -0.491 e. The van der Waals surface area contributed by atoms with E-state index in [1.165, 1.54) is 16.7 Å². The molecular formula is C20H27N3O. The van der Waals surface area contributed by atoms with E-state index < -0.39 is 0 Å². The summed E-state index contributed by atoms with van der Waals surface area (Å²) >= 11 is 0. The maximum atomic E-state index is 5.96. The molecule has 0 amide bonds. The van der Waals surface area contributed by atoms with E-state index in [-0.39, 0.29) is 6.10 Å². The summed E-state index contributed by atoms with van der Waals surface area (Å²) in [6, 6.07) is 14.3. The molecule has 0 unspecified atom stereocenters. The first-order valence-electron chi connectivity index (χ1n) is 8.34. The lowest BCUT2D eigenvalue weighted by Crippen LogP contribution is -2.23. The minimum atomic E-state index is 0.191. The van der Waals surface area contributed by atoms with Crippen LogP contribution in [0, 0.1) is 13.8 Å². The lowest BCUT2D eigenvalue weighted by Gasteiger charge is -2.10. The largest absolute Gasteiger partial charge is 0.491 e. The van der Waals surface area contributed by atoms with Crippen LogP contribution in [0.4, 0.5) is 5.69 Å². The number of ether oxygens (including phenoxy) is 1. The third-order valence-electron chi connectivity index (χ3n) is 3.76. The second-order valence-electron chi connectivity index (χ2n) is 6.25. The number of hydrogen-bond donors (Lipinski definition) is 2. The molecule has 0 aliphatic rings. The SMILES string of the molecule is Cc1ccc(NC(N)=NCCc2ccc(OC(C)C)cc2)cc1C. The Morgan fingerprint density at radius 2 is 1.79 bits per heavy atom. The van der Waals surface area contributed by atoms with Crippen molar-refractivity contribution in [2.75, 3.05) is 11.9 Å². The molecule has 0 bridgehead atoms. The third-order valence-corrected chi connectivity index (χ3v) is 3.76. The number of rotatable bonds is 6. The van der Waals surface area contributed by atoms with Crippen molar-refractivity contribution in [1.29, 1.82) is 0 Å². The number of nitrogens with zero attached hydrogens (tertiary/aromatic N) is 1. The molecule has 2 aromatic carbocycles.